The molecule has 3 heteroatoms. The monoisotopic (exact) mass is 169 g/mol. The van der Waals surface area contributed by atoms with Gasteiger partial charge in [0.05, 0.1) is 0 Å². The molecule has 2 saturated heterocycles. The first-order valence-corrected chi connectivity index (χ1v) is 4.75. The molecular formula is C9H15NO2. The van der Waals surface area contributed by atoms with Crippen LogP contribution in [0.5, 0.6) is 0 Å². The Balaban J connectivity index is 2.10. The maximum absolute atomic E-state index is 11.3. The third-order valence-electron chi connectivity index (χ3n) is 3.12. The third-order valence-corrected chi connectivity index (χ3v) is 3.12. The van der Waals surface area contributed by atoms with Gasteiger partial charge in [-0.3, -0.25) is 4.79 Å². The summed E-state index contributed by atoms with van der Waals surface area (Å²) in [5.74, 6) is -0.0674. The summed E-state index contributed by atoms with van der Waals surface area (Å²) < 4.78 is 0. The van der Waals surface area contributed by atoms with Gasteiger partial charge in [0, 0.05) is 12.1 Å². The molecule has 2 bridgehead atoms. The van der Waals surface area contributed by atoms with Crippen molar-refractivity contribution in [1.29, 1.82) is 0 Å². The highest BCUT2D eigenvalue weighted by molar-refractivity contribution is 5.78. The van der Waals surface area contributed by atoms with Gasteiger partial charge in [-0.05, 0) is 32.1 Å². The lowest BCUT2D eigenvalue weighted by molar-refractivity contribution is -0.138. The van der Waals surface area contributed by atoms with Crippen molar-refractivity contribution in [1.82, 2.24) is 4.90 Å². The maximum atomic E-state index is 11.3. The number of aliphatic hydroxyl groups excluding tert-OH is 1. The molecule has 2 atom stereocenters. The molecule has 0 spiro atoms. The number of hydrogen-bond acceptors (Lipinski definition) is 2. The predicted molar refractivity (Wildman–Crippen MR) is 44.6 cm³/mol. The van der Waals surface area contributed by atoms with Crippen molar-refractivity contribution >= 4 is 5.91 Å². The molecule has 0 aromatic rings. The average Bonchev–Trinajstić information content (AvgIpc) is 2.35. The molecule has 2 heterocycles. The molecule has 1 amide bonds. The van der Waals surface area contributed by atoms with Gasteiger partial charge in [-0.1, -0.05) is 0 Å². The van der Waals surface area contributed by atoms with Crippen LogP contribution >= 0.6 is 0 Å². The zero-order chi connectivity index (χ0) is 8.55. The largest absolute Gasteiger partial charge is 0.387 e. The van der Waals surface area contributed by atoms with Crippen LogP contribution in [-0.4, -0.2) is 34.6 Å². The van der Waals surface area contributed by atoms with Crippen molar-refractivity contribution in [3.63, 3.8) is 0 Å². The van der Waals surface area contributed by atoms with Gasteiger partial charge < -0.3 is 10.0 Å². The fraction of sp³-hybridized carbons (Fsp3) is 0.889. The topological polar surface area (TPSA) is 40.5 Å². The molecule has 2 rings (SSSR count). The Hall–Kier alpha value is -0.570. The Morgan fingerprint density at radius 1 is 1.25 bits per heavy atom. The zero-order valence-corrected chi connectivity index (χ0v) is 7.20. The van der Waals surface area contributed by atoms with Gasteiger partial charge in [-0.15, -0.1) is 0 Å². The van der Waals surface area contributed by atoms with Crippen LogP contribution < -0.4 is 0 Å². The minimum Gasteiger partial charge on any atom is -0.387 e. The highest BCUT2D eigenvalue weighted by atomic mass is 16.3. The molecule has 0 saturated carbocycles. The molecule has 2 fully saturated rings. The maximum Gasteiger partial charge on any atom is 0.248 e. The van der Waals surface area contributed by atoms with Crippen LogP contribution in [-0.2, 0) is 4.79 Å². The first kappa shape index (κ1) is 8.05. The Morgan fingerprint density at radius 2 is 1.83 bits per heavy atom. The van der Waals surface area contributed by atoms with Crippen LogP contribution in [0, 0.1) is 0 Å². The summed E-state index contributed by atoms with van der Waals surface area (Å²) in [6.07, 6.45) is 5.84. The number of fused-ring (bicyclic) bond motifs is 2. The summed E-state index contributed by atoms with van der Waals surface area (Å²) in [4.78, 5) is 13.2. The van der Waals surface area contributed by atoms with E-state index in [9.17, 15) is 4.79 Å². The van der Waals surface area contributed by atoms with E-state index in [1.165, 1.54) is 6.42 Å². The number of carbonyl (C=O) groups is 1. The minimum atomic E-state index is -0.312. The average molecular weight is 169 g/mol. The van der Waals surface area contributed by atoms with Crippen molar-refractivity contribution in [3.8, 4) is 0 Å². The molecule has 2 unspecified atom stereocenters. The van der Waals surface area contributed by atoms with E-state index in [4.69, 9.17) is 5.11 Å². The van der Waals surface area contributed by atoms with E-state index >= 15 is 0 Å². The Morgan fingerprint density at radius 3 is 2.33 bits per heavy atom. The number of aliphatic hydroxyl groups is 1. The second kappa shape index (κ2) is 3.05. The van der Waals surface area contributed by atoms with E-state index in [2.05, 4.69) is 0 Å². The molecule has 0 aromatic heterocycles. The molecular weight excluding hydrogens is 154 g/mol. The molecule has 0 radical (unpaired) electrons. The van der Waals surface area contributed by atoms with Crippen molar-refractivity contribution in [2.75, 3.05) is 6.61 Å². The number of amides is 1. The highest BCUT2D eigenvalue weighted by Crippen LogP contribution is 2.35. The number of hydrogen-bond donors (Lipinski definition) is 1. The van der Waals surface area contributed by atoms with Crippen molar-refractivity contribution < 1.29 is 9.90 Å². The lowest BCUT2D eigenvalue weighted by Gasteiger charge is -2.34. The lowest BCUT2D eigenvalue weighted by Crippen LogP contribution is -2.45. The lowest BCUT2D eigenvalue weighted by atomic mass is 10.0. The van der Waals surface area contributed by atoms with Crippen LogP contribution in [0.25, 0.3) is 0 Å². The molecule has 2 aliphatic heterocycles. The van der Waals surface area contributed by atoms with E-state index in [1.807, 2.05) is 4.90 Å². The second-order valence-electron chi connectivity index (χ2n) is 3.78. The van der Waals surface area contributed by atoms with E-state index < -0.39 is 0 Å². The summed E-state index contributed by atoms with van der Waals surface area (Å²) in [5.41, 5.74) is 0. The SMILES string of the molecule is O=C(CO)N1C2CCCC1CC2. The predicted octanol–water partition coefficient (Wildman–Crippen LogP) is 0.522. The van der Waals surface area contributed by atoms with Crippen LogP contribution in [0.3, 0.4) is 0 Å². The standard InChI is InChI=1S/C9H15NO2/c11-6-9(12)10-7-2-1-3-8(10)5-4-7/h7-8,11H,1-6H2. The van der Waals surface area contributed by atoms with Gasteiger partial charge in [-0.2, -0.15) is 0 Å². The summed E-state index contributed by atoms with van der Waals surface area (Å²) in [5, 5.41) is 8.76. The number of nitrogens with zero attached hydrogens (tertiary/aromatic N) is 1. The van der Waals surface area contributed by atoms with Crippen LogP contribution in [0.15, 0.2) is 0 Å². The quantitative estimate of drug-likeness (QED) is 0.621. The first-order chi connectivity index (χ1) is 5.83. The van der Waals surface area contributed by atoms with E-state index in [0.717, 1.165) is 25.7 Å². The Kier molecular flexibility index (Phi) is 2.05. The molecule has 1 N–H and O–H groups in total. The number of piperidine rings is 1. The third kappa shape index (κ3) is 1.12. The fourth-order valence-corrected chi connectivity index (χ4v) is 2.61. The van der Waals surface area contributed by atoms with Crippen molar-refractivity contribution in [3.05, 3.63) is 0 Å². The Labute approximate surface area is 72.4 Å². The summed E-state index contributed by atoms with van der Waals surface area (Å²) >= 11 is 0. The van der Waals surface area contributed by atoms with Gasteiger partial charge in [0.25, 0.3) is 0 Å². The fourth-order valence-electron chi connectivity index (χ4n) is 2.61. The minimum absolute atomic E-state index is 0.0674. The first-order valence-electron chi connectivity index (χ1n) is 4.75. The summed E-state index contributed by atoms with van der Waals surface area (Å²) in [7, 11) is 0. The van der Waals surface area contributed by atoms with Crippen molar-refractivity contribution in [2.45, 2.75) is 44.2 Å². The second-order valence-corrected chi connectivity index (χ2v) is 3.78. The van der Waals surface area contributed by atoms with Gasteiger partial charge in [0.1, 0.15) is 6.61 Å². The molecule has 0 aliphatic carbocycles. The summed E-state index contributed by atoms with van der Waals surface area (Å²) in [6, 6.07) is 0.895. The molecule has 3 nitrogen and oxygen atoms in total. The van der Waals surface area contributed by atoms with Crippen LogP contribution in [0.4, 0.5) is 0 Å². The van der Waals surface area contributed by atoms with Crippen LogP contribution in [0.2, 0.25) is 0 Å². The molecule has 68 valence electrons. The van der Waals surface area contributed by atoms with Gasteiger partial charge in [0.15, 0.2) is 0 Å². The van der Waals surface area contributed by atoms with E-state index in [0.29, 0.717) is 12.1 Å². The van der Waals surface area contributed by atoms with Gasteiger partial charge in [-0.25, -0.2) is 0 Å². The van der Waals surface area contributed by atoms with Crippen molar-refractivity contribution in [2.24, 2.45) is 0 Å². The molecule has 0 aromatic carbocycles. The zero-order valence-electron chi connectivity index (χ0n) is 7.20. The highest BCUT2D eigenvalue weighted by Gasteiger charge is 2.38. The number of carbonyl (C=O) groups excluding carboxylic acids is 1. The molecule has 2 aliphatic rings. The van der Waals surface area contributed by atoms with Gasteiger partial charge >= 0.3 is 0 Å². The van der Waals surface area contributed by atoms with Crippen LogP contribution in [0.1, 0.15) is 32.1 Å². The number of rotatable bonds is 1. The molecule has 12 heavy (non-hydrogen) atoms. The Bertz CT molecular complexity index is 177. The summed E-state index contributed by atoms with van der Waals surface area (Å²) in [6.45, 7) is -0.312. The normalized spacial score (nSPS) is 33.9. The van der Waals surface area contributed by atoms with Gasteiger partial charge in [0.2, 0.25) is 5.91 Å². The van der Waals surface area contributed by atoms with E-state index in [-0.39, 0.29) is 12.5 Å². The van der Waals surface area contributed by atoms with E-state index in [1.54, 1.807) is 0 Å². The smallest absolute Gasteiger partial charge is 0.248 e.